The van der Waals surface area contributed by atoms with Crippen molar-refractivity contribution in [2.45, 2.75) is 274 Å². The van der Waals surface area contributed by atoms with Crippen LogP contribution in [0.25, 0.3) is 0 Å². The van der Waals surface area contributed by atoms with Crippen molar-refractivity contribution in [3.05, 3.63) is 23.3 Å². The van der Waals surface area contributed by atoms with Crippen LogP contribution < -0.4 is 10.6 Å². The number of ether oxygens (including phenoxy) is 10. The molecule has 9 rings (SSSR count). The van der Waals surface area contributed by atoms with Gasteiger partial charge in [0.2, 0.25) is 11.8 Å². The van der Waals surface area contributed by atoms with E-state index in [4.69, 9.17) is 47.4 Å². The fourth-order valence-electron chi connectivity index (χ4n) is 17.0. The molecule has 4 aliphatic carbocycles. The van der Waals surface area contributed by atoms with E-state index in [0.717, 1.165) is 58.8 Å². The number of ketones is 1. The summed E-state index contributed by atoms with van der Waals surface area (Å²) >= 11 is 0. The predicted octanol–water partition coefficient (Wildman–Crippen LogP) is -2.44. The number of hydrogen-bond donors (Lipinski definition) is 15. The molecule has 2 saturated carbocycles. The van der Waals surface area contributed by atoms with Crippen LogP contribution in [0.1, 0.15) is 120 Å². The number of fused-ring (bicyclic) bond motifs is 4. The Kier molecular flexibility index (Phi) is 23.2. The summed E-state index contributed by atoms with van der Waals surface area (Å²) in [6.07, 6.45) is -31.3. The lowest BCUT2D eigenvalue weighted by molar-refractivity contribution is -0.379. The molecule has 31 atom stereocenters. The first-order valence-corrected chi connectivity index (χ1v) is 32.4. The van der Waals surface area contributed by atoms with E-state index in [-0.39, 0.29) is 34.4 Å². The van der Waals surface area contributed by atoms with Crippen molar-refractivity contribution >= 4 is 17.6 Å². The molecular formula is C63H102N2O26. The van der Waals surface area contributed by atoms with Gasteiger partial charge in [-0.3, -0.25) is 14.4 Å². The Morgan fingerprint density at radius 3 is 1.70 bits per heavy atom. The van der Waals surface area contributed by atoms with Gasteiger partial charge in [-0.05, 0) is 103 Å². The van der Waals surface area contributed by atoms with Crippen molar-refractivity contribution in [1.82, 2.24) is 10.6 Å². The molecule has 0 bridgehead atoms. The second-order valence-electron chi connectivity index (χ2n) is 28.5. The topological polar surface area (TPSA) is 431 Å². The maximum absolute atomic E-state index is 13.3. The number of amides is 2. The van der Waals surface area contributed by atoms with Gasteiger partial charge >= 0.3 is 0 Å². The Morgan fingerprint density at radius 2 is 1.11 bits per heavy atom. The minimum absolute atomic E-state index is 0.0458. The van der Waals surface area contributed by atoms with Crippen LogP contribution in [0.5, 0.6) is 0 Å². The molecule has 0 aromatic rings. The molecule has 520 valence electrons. The minimum Gasteiger partial charge on any atom is -0.394 e. The quantitative estimate of drug-likeness (QED) is 0.0419. The van der Waals surface area contributed by atoms with E-state index in [2.05, 4.69) is 51.8 Å². The van der Waals surface area contributed by atoms with E-state index in [1.165, 1.54) is 5.57 Å². The van der Waals surface area contributed by atoms with Gasteiger partial charge in [0.05, 0.1) is 39.1 Å². The van der Waals surface area contributed by atoms with E-state index in [9.17, 15) is 80.8 Å². The minimum atomic E-state index is -1.99. The van der Waals surface area contributed by atoms with Crippen molar-refractivity contribution in [2.75, 3.05) is 33.0 Å². The van der Waals surface area contributed by atoms with E-state index >= 15 is 0 Å². The van der Waals surface area contributed by atoms with Gasteiger partial charge in [-0.15, -0.1) is 0 Å². The molecule has 28 nitrogen and oxygen atoms in total. The van der Waals surface area contributed by atoms with E-state index in [1.54, 1.807) is 5.57 Å². The second-order valence-corrected chi connectivity index (χ2v) is 28.5. The van der Waals surface area contributed by atoms with Crippen LogP contribution in [0.15, 0.2) is 23.3 Å². The number of aliphatic hydroxyl groups excluding tert-OH is 13. The summed E-state index contributed by atoms with van der Waals surface area (Å²) in [5.41, 5.74) is 3.02. The summed E-state index contributed by atoms with van der Waals surface area (Å²) in [6.45, 7) is 18.0. The maximum Gasteiger partial charge on any atom is 0.217 e. The molecule has 5 aliphatic heterocycles. The predicted molar refractivity (Wildman–Crippen MR) is 314 cm³/mol. The fraction of sp³-hybridized carbons (Fsp3) is 0.889. The van der Waals surface area contributed by atoms with Crippen LogP contribution in [0.3, 0.4) is 0 Å². The third-order valence-corrected chi connectivity index (χ3v) is 22.2. The van der Waals surface area contributed by atoms with Crippen LogP contribution in [-0.2, 0) is 61.8 Å². The van der Waals surface area contributed by atoms with Crippen LogP contribution in [0, 0.1) is 45.8 Å². The van der Waals surface area contributed by atoms with Crippen LogP contribution >= 0.6 is 0 Å². The standard InChI is InChI=1S/C63H102N2O26/c1-25(2)27(4)34(71)19-26(3)31-12-13-32-30-11-14-40-61(7,8)41(16-18-63(40,10)33(30)15-17-62(31,32)9)89-60-54(48(76)39(24-83-60)88-56-42(64-28(5)69)49(77)44(72)35(20-66)84-56)90-57-43(65-29(6)70)50(78)47(75)38(87-57)23-82-59-55(52(80)46(74)37(22-68)86-59)91-58-53(81)51(79)45(73)36(21-67)85-58/h25-26,31-32,35-60,66-68,72-81H,4,11-24H2,1-3,5-10H3,(H,64,69)(H,65,70). The average Bonchev–Trinajstić information content (AvgIpc) is 1.69. The Balaban J connectivity index is 0.982. The van der Waals surface area contributed by atoms with E-state index in [0.29, 0.717) is 30.3 Å². The van der Waals surface area contributed by atoms with Crippen molar-refractivity contribution in [2.24, 2.45) is 45.8 Å². The number of allylic oxidation sites excluding steroid dienone is 3. The van der Waals surface area contributed by atoms with Crippen molar-refractivity contribution in [3.8, 4) is 0 Å². The highest BCUT2D eigenvalue weighted by molar-refractivity contribution is 5.95. The molecular weight excluding hydrogens is 1200 g/mol. The van der Waals surface area contributed by atoms with E-state index < -0.39 is 204 Å². The molecule has 28 heteroatoms. The molecule has 0 aromatic carbocycles. The highest BCUT2D eigenvalue weighted by Crippen LogP contribution is 2.68. The molecule has 0 aromatic heterocycles. The highest BCUT2D eigenvalue weighted by atomic mass is 16.8. The van der Waals surface area contributed by atoms with Gasteiger partial charge < -0.3 is 124 Å². The van der Waals surface area contributed by atoms with Crippen LogP contribution in [0.4, 0.5) is 0 Å². The zero-order valence-electron chi connectivity index (χ0n) is 53.5. The molecule has 0 radical (unpaired) electrons. The van der Waals surface area contributed by atoms with Gasteiger partial charge in [-0.25, -0.2) is 0 Å². The molecule has 2 amide bonds. The lowest BCUT2D eigenvalue weighted by Crippen LogP contribution is -2.68. The monoisotopic (exact) mass is 1300 g/mol. The first kappa shape index (κ1) is 72.4. The summed E-state index contributed by atoms with van der Waals surface area (Å²) in [5.74, 6) is -0.0179. The van der Waals surface area contributed by atoms with Gasteiger partial charge in [0.25, 0.3) is 0 Å². The normalized spacial score (nSPS) is 47.0. The van der Waals surface area contributed by atoms with Gasteiger partial charge in [0.1, 0.15) is 116 Å². The highest BCUT2D eigenvalue weighted by Gasteiger charge is 2.62. The lowest BCUT2D eigenvalue weighted by atomic mass is 9.45. The van der Waals surface area contributed by atoms with Crippen LogP contribution in [-0.4, -0.2) is 270 Å². The third-order valence-electron chi connectivity index (χ3n) is 22.2. The number of rotatable bonds is 21. The Hall–Kier alpha value is -2.83. The van der Waals surface area contributed by atoms with Gasteiger partial charge in [-0.1, -0.05) is 66.2 Å². The smallest absolute Gasteiger partial charge is 0.217 e. The molecule has 31 unspecified atom stereocenters. The molecule has 15 N–H and O–H groups in total. The molecule has 0 spiro atoms. The van der Waals surface area contributed by atoms with Crippen molar-refractivity contribution in [3.63, 3.8) is 0 Å². The Morgan fingerprint density at radius 1 is 0.582 bits per heavy atom. The number of nitrogens with one attached hydrogen (secondary N) is 2. The summed E-state index contributed by atoms with van der Waals surface area (Å²) in [6, 6.07) is -3.06. The van der Waals surface area contributed by atoms with E-state index in [1.807, 2.05) is 13.8 Å². The molecule has 5 saturated heterocycles. The zero-order valence-corrected chi connectivity index (χ0v) is 53.5. The maximum atomic E-state index is 13.3. The number of carbonyl (C=O) groups excluding carboxylic acids is 3. The third kappa shape index (κ3) is 14.2. The van der Waals surface area contributed by atoms with Gasteiger partial charge in [0.15, 0.2) is 37.2 Å². The summed E-state index contributed by atoms with van der Waals surface area (Å²) in [5, 5.41) is 147. The fourth-order valence-corrected chi connectivity index (χ4v) is 17.0. The first-order chi connectivity index (χ1) is 42.8. The molecule has 5 heterocycles. The molecule has 7 fully saturated rings. The molecule has 9 aliphatic rings. The van der Waals surface area contributed by atoms with Crippen LogP contribution in [0.2, 0.25) is 0 Å². The van der Waals surface area contributed by atoms with Gasteiger partial charge in [0, 0.05) is 20.3 Å². The lowest BCUT2D eigenvalue weighted by Gasteiger charge is -2.61. The zero-order chi connectivity index (χ0) is 66.7. The summed E-state index contributed by atoms with van der Waals surface area (Å²) in [7, 11) is 0. The molecule has 91 heavy (non-hydrogen) atoms. The average molecular weight is 1300 g/mol. The Labute approximate surface area is 530 Å². The van der Waals surface area contributed by atoms with Gasteiger partial charge in [-0.2, -0.15) is 0 Å². The Bertz CT molecular complexity index is 2560. The van der Waals surface area contributed by atoms with Crippen molar-refractivity contribution < 1.29 is 128 Å². The SMILES string of the molecule is C=C(C(=O)CC(C)C1CCC2C3=C(CCC21C)C1(C)CCC(OC2OCC(OC4OC(CO)C(O)C(O)C4NC(C)=O)C(O)C2OC2OC(COC4OC(CO)C(O)C(O)C4OC4OC(CO)C(O)C(O)C4O)C(O)C(O)C2NC(C)=O)C(C)(C)C1CC3)C(C)C. The second kappa shape index (κ2) is 29.1. The van der Waals surface area contributed by atoms with Crippen molar-refractivity contribution in [1.29, 1.82) is 0 Å². The number of Topliss-reactive ketones (excluding diaryl/α,β-unsaturated/α-hetero) is 1. The summed E-state index contributed by atoms with van der Waals surface area (Å²) < 4.78 is 61.9. The number of aliphatic hydroxyl groups is 13. The largest absolute Gasteiger partial charge is 0.394 e. The number of hydrogen-bond acceptors (Lipinski definition) is 26. The summed E-state index contributed by atoms with van der Waals surface area (Å²) in [4.78, 5) is 38.8. The number of carbonyl (C=O) groups is 3. The first-order valence-electron chi connectivity index (χ1n) is 32.4.